The average molecular weight is 407 g/mol. The van der Waals surface area contributed by atoms with Crippen LogP contribution in [0.2, 0.25) is 0 Å². The number of nitrogens with zero attached hydrogens (tertiary/aromatic N) is 2. The van der Waals surface area contributed by atoms with Gasteiger partial charge in [-0.3, -0.25) is 4.40 Å². The quantitative estimate of drug-likeness (QED) is 0.278. The molecule has 0 amide bonds. The van der Waals surface area contributed by atoms with Gasteiger partial charge < -0.3 is 0 Å². The number of benzene rings is 3. The summed E-state index contributed by atoms with van der Waals surface area (Å²) in [6.45, 7) is 13.5. The van der Waals surface area contributed by atoms with Crippen LogP contribution in [0, 0.1) is 20.8 Å². The predicted octanol–water partition coefficient (Wildman–Crippen LogP) is 7.92. The van der Waals surface area contributed by atoms with Gasteiger partial charge in [-0.1, -0.05) is 68.8 Å². The average Bonchev–Trinajstić information content (AvgIpc) is 3.18. The van der Waals surface area contributed by atoms with Crippen LogP contribution in [-0.2, 0) is 5.41 Å². The van der Waals surface area contributed by atoms with Crippen molar-refractivity contribution in [3.05, 3.63) is 83.0 Å². The van der Waals surface area contributed by atoms with Gasteiger partial charge in [0.05, 0.1) is 17.4 Å². The fraction of sp³-hybridized carbons (Fsp3) is 0.276. The van der Waals surface area contributed by atoms with Gasteiger partial charge in [-0.2, -0.15) is 0 Å². The van der Waals surface area contributed by atoms with E-state index in [0.29, 0.717) is 0 Å². The number of rotatable bonds is 3. The minimum atomic E-state index is 0.0716. The van der Waals surface area contributed by atoms with Crippen molar-refractivity contribution in [3.8, 4) is 11.3 Å². The summed E-state index contributed by atoms with van der Waals surface area (Å²) < 4.78 is 2.39. The minimum Gasteiger partial charge on any atom is -0.292 e. The second kappa shape index (κ2) is 6.95. The maximum absolute atomic E-state index is 5.05. The van der Waals surface area contributed by atoms with E-state index in [4.69, 9.17) is 4.98 Å². The van der Waals surface area contributed by atoms with Crippen LogP contribution < -0.4 is 0 Å². The Bertz CT molecular complexity index is 1450. The Balaban J connectivity index is 2.06. The molecule has 0 spiro atoms. The second-order valence-electron chi connectivity index (χ2n) is 9.56. The Morgan fingerprint density at radius 1 is 0.871 bits per heavy atom. The van der Waals surface area contributed by atoms with E-state index < -0.39 is 0 Å². The van der Waals surface area contributed by atoms with Crippen molar-refractivity contribution in [2.45, 2.75) is 53.4 Å². The molecule has 5 rings (SSSR count). The monoisotopic (exact) mass is 406 g/mol. The van der Waals surface area contributed by atoms with E-state index >= 15 is 0 Å². The molecule has 0 saturated heterocycles. The van der Waals surface area contributed by atoms with Crippen LogP contribution in [0.4, 0.5) is 0 Å². The van der Waals surface area contributed by atoms with Crippen LogP contribution in [0.15, 0.2) is 60.8 Å². The molecule has 0 aliphatic carbocycles. The molecule has 0 fully saturated rings. The standard InChI is InChI=1S/C29H30N2/c1-7-29(5,6)23-13-9-12-21-22-16-18(2)14-15-24(22)31-25(17-30-28(31)27(21)23)26-19(3)10-8-11-20(26)4/h8-17H,7H2,1-6H3. The van der Waals surface area contributed by atoms with Gasteiger partial charge in [-0.05, 0) is 66.8 Å². The summed E-state index contributed by atoms with van der Waals surface area (Å²) in [6, 6.07) is 20.1. The number of aryl methyl sites for hydroxylation is 3. The molecule has 2 heteroatoms. The van der Waals surface area contributed by atoms with E-state index in [1.54, 1.807) is 0 Å². The third-order valence-electron chi connectivity index (χ3n) is 7.08. The molecule has 156 valence electrons. The highest BCUT2D eigenvalue weighted by atomic mass is 15.0. The van der Waals surface area contributed by atoms with Crippen LogP contribution >= 0.6 is 0 Å². The molecule has 0 atom stereocenters. The van der Waals surface area contributed by atoms with Gasteiger partial charge in [0.2, 0.25) is 0 Å². The lowest BCUT2D eigenvalue weighted by Gasteiger charge is -2.26. The number of imidazole rings is 1. The highest BCUT2D eigenvalue weighted by Crippen LogP contribution is 2.40. The first-order valence-electron chi connectivity index (χ1n) is 11.2. The van der Waals surface area contributed by atoms with Crippen LogP contribution in [0.25, 0.3) is 38.6 Å². The molecule has 2 nitrogen and oxygen atoms in total. The summed E-state index contributed by atoms with van der Waals surface area (Å²) >= 11 is 0. The van der Waals surface area contributed by atoms with Crippen LogP contribution in [0.3, 0.4) is 0 Å². The van der Waals surface area contributed by atoms with Crippen molar-refractivity contribution < 1.29 is 0 Å². The lowest BCUT2D eigenvalue weighted by Crippen LogP contribution is -2.16. The molecule has 5 aromatic rings. The summed E-state index contributed by atoms with van der Waals surface area (Å²) in [5.41, 5.74) is 10.0. The first kappa shape index (κ1) is 19.8. The third kappa shape index (κ3) is 2.89. The lowest BCUT2D eigenvalue weighted by molar-refractivity contribution is 0.511. The molecular formula is C29H30N2. The van der Waals surface area contributed by atoms with E-state index in [1.807, 2.05) is 0 Å². The van der Waals surface area contributed by atoms with Crippen LogP contribution in [0.1, 0.15) is 49.4 Å². The summed E-state index contributed by atoms with van der Waals surface area (Å²) in [6.07, 6.45) is 3.15. The fourth-order valence-corrected chi connectivity index (χ4v) is 5.00. The molecule has 2 heterocycles. The van der Waals surface area contributed by atoms with Gasteiger partial charge in [0.1, 0.15) is 5.65 Å². The van der Waals surface area contributed by atoms with Gasteiger partial charge in [-0.25, -0.2) is 4.98 Å². The van der Waals surface area contributed by atoms with E-state index in [0.717, 1.165) is 12.1 Å². The molecule has 0 saturated carbocycles. The zero-order chi connectivity index (χ0) is 21.9. The van der Waals surface area contributed by atoms with Gasteiger partial charge in [0.15, 0.2) is 0 Å². The summed E-state index contributed by atoms with van der Waals surface area (Å²) in [4.78, 5) is 5.05. The Kier molecular flexibility index (Phi) is 4.44. The van der Waals surface area contributed by atoms with Crippen molar-refractivity contribution in [1.82, 2.24) is 9.38 Å². The van der Waals surface area contributed by atoms with E-state index in [-0.39, 0.29) is 5.41 Å². The topological polar surface area (TPSA) is 17.3 Å². The predicted molar refractivity (Wildman–Crippen MR) is 133 cm³/mol. The van der Waals surface area contributed by atoms with Gasteiger partial charge >= 0.3 is 0 Å². The van der Waals surface area contributed by atoms with Crippen molar-refractivity contribution in [2.75, 3.05) is 0 Å². The SMILES string of the molecule is CCC(C)(C)c1cccc2c3cc(C)ccc3n3c(-c4c(C)cccc4C)cnc3c12. The van der Waals surface area contributed by atoms with E-state index in [9.17, 15) is 0 Å². The van der Waals surface area contributed by atoms with Crippen molar-refractivity contribution in [3.63, 3.8) is 0 Å². The molecule has 31 heavy (non-hydrogen) atoms. The number of aromatic nitrogens is 2. The van der Waals surface area contributed by atoms with Crippen molar-refractivity contribution >= 4 is 27.3 Å². The van der Waals surface area contributed by atoms with Crippen molar-refractivity contribution in [2.24, 2.45) is 0 Å². The zero-order valence-electron chi connectivity index (χ0n) is 19.4. The van der Waals surface area contributed by atoms with Gasteiger partial charge in [0.25, 0.3) is 0 Å². The molecular weight excluding hydrogens is 376 g/mol. The number of fused-ring (bicyclic) bond motifs is 6. The molecule has 2 aromatic heterocycles. The highest BCUT2D eigenvalue weighted by Gasteiger charge is 2.25. The number of pyridine rings is 1. The summed E-state index contributed by atoms with van der Waals surface area (Å²) in [7, 11) is 0. The molecule has 0 bridgehead atoms. The molecule has 0 radical (unpaired) electrons. The molecule has 0 N–H and O–H groups in total. The third-order valence-corrected chi connectivity index (χ3v) is 7.08. The second-order valence-corrected chi connectivity index (χ2v) is 9.56. The normalized spacial score (nSPS) is 12.3. The largest absolute Gasteiger partial charge is 0.292 e. The van der Waals surface area contributed by atoms with E-state index in [1.165, 1.54) is 55.2 Å². The van der Waals surface area contributed by atoms with Crippen LogP contribution in [0.5, 0.6) is 0 Å². The molecule has 0 aliphatic rings. The Hall–Kier alpha value is -3.13. The Morgan fingerprint density at radius 3 is 2.29 bits per heavy atom. The fourth-order valence-electron chi connectivity index (χ4n) is 5.00. The first-order chi connectivity index (χ1) is 14.8. The van der Waals surface area contributed by atoms with Crippen molar-refractivity contribution in [1.29, 1.82) is 0 Å². The minimum absolute atomic E-state index is 0.0716. The van der Waals surface area contributed by atoms with E-state index in [2.05, 4.69) is 107 Å². The Morgan fingerprint density at radius 2 is 1.58 bits per heavy atom. The summed E-state index contributed by atoms with van der Waals surface area (Å²) in [5.74, 6) is 0. The number of hydrogen-bond acceptors (Lipinski definition) is 1. The maximum atomic E-state index is 5.05. The first-order valence-corrected chi connectivity index (χ1v) is 11.2. The van der Waals surface area contributed by atoms with Gasteiger partial charge in [0, 0.05) is 16.3 Å². The van der Waals surface area contributed by atoms with Crippen LogP contribution in [-0.4, -0.2) is 9.38 Å². The maximum Gasteiger partial charge on any atom is 0.145 e. The molecule has 0 unspecified atom stereocenters. The molecule has 3 aromatic carbocycles. The number of hydrogen-bond donors (Lipinski definition) is 0. The smallest absolute Gasteiger partial charge is 0.145 e. The highest BCUT2D eigenvalue weighted by molar-refractivity contribution is 6.14. The zero-order valence-corrected chi connectivity index (χ0v) is 19.4. The Labute approximate surface area is 184 Å². The lowest BCUT2D eigenvalue weighted by atomic mass is 9.79. The molecule has 0 aliphatic heterocycles. The summed E-state index contributed by atoms with van der Waals surface area (Å²) in [5, 5.41) is 3.87. The van der Waals surface area contributed by atoms with Gasteiger partial charge in [-0.15, -0.1) is 0 Å².